The van der Waals surface area contributed by atoms with Crippen LogP contribution in [0, 0.1) is 17.5 Å². The largest absolute Gasteiger partial charge is 0.481 e. The normalized spacial score (nSPS) is 10.5. The Labute approximate surface area is 144 Å². The Hall–Kier alpha value is -2.87. The summed E-state index contributed by atoms with van der Waals surface area (Å²) in [6.07, 6.45) is 0. The Morgan fingerprint density at radius 2 is 1.92 bits per heavy atom. The Morgan fingerprint density at radius 1 is 1.12 bits per heavy atom. The summed E-state index contributed by atoms with van der Waals surface area (Å²) in [4.78, 5) is 15.9. The van der Waals surface area contributed by atoms with Crippen LogP contribution in [0.4, 0.5) is 18.3 Å². The van der Waals surface area contributed by atoms with E-state index >= 15 is 0 Å². The molecule has 0 fully saturated rings. The van der Waals surface area contributed by atoms with Crippen LogP contribution in [0.5, 0.6) is 5.75 Å². The number of rotatable bonds is 5. The highest BCUT2D eigenvalue weighted by molar-refractivity contribution is 7.14. The maximum atomic E-state index is 13.7. The molecule has 1 aromatic heterocycles. The van der Waals surface area contributed by atoms with Gasteiger partial charge in [0.2, 0.25) is 0 Å². The molecule has 0 aliphatic heterocycles. The molecule has 1 N–H and O–H groups in total. The number of hydrogen-bond acceptors (Lipinski definition) is 4. The fraction of sp³-hybridized carbons (Fsp3) is 0.0588. The SMILES string of the molecule is O=C(COc1ccccc1F)Nc1nc(-c2cc(F)ccc2F)cs1. The van der Waals surface area contributed by atoms with E-state index in [1.54, 1.807) is 6.07 Å². The molecule has 0 aliphatic carbocycles. The Kier molecular flexibility index (Phi) is 4.99. The van der Waals surface area contributed by atoms with Crippen LogP contribution in [0.2, 0.25) is 0 Å². The van der Waals surface area contributed by atoms with Crippen molar-refractivity contribution in [2.45, 2.75) is 0 Å². The molecular formula is C17H11F3N2O2S. The second-order valence-corrected chi connectivity index (χ2v) is 5.79. The number of amides is 1. The zero-order valence-corrected chi connectivity index (χ0v) is 13.4. The number of thiazole rings is 1. The van der Waals surface area contributed by atoms with Gasteiger partial charge in [0.15, 0.2) is 23.3 Å². The summed E-state index contributed by atoms with van der Waals surface area (Å²) in [5, 5.41) is 4.15. The molecule has 1 amide bonds. The van der Waals surface area contributed by atoms with E-state index in [-0.39, 0.29) is 22.1 Å². The molecule has 128 valence electrons. The van der Waals surface area contributed by atoms with E-state index in [2.05, 4.69) is 10.3 Å². The molecule has 3 aromatic rings. The van der Waals surface area contributed by atoms with Gasteiger partial charge in [-0.2, -0.15) is 0 Å². The molecular weight excluding hydrogens is 353 g/mol. The Balaban J connectivity index is 1.64. The van der Waals surface area contributed by atoms with E-state index in [0.717, 1.165) is 29.5 Å². The van der Waals surface area contributed by atoms with Crippen molar-refractivity contribution in [1.29, 1.82) is 0 Å². The molecule has 25 heavy (non-hydrogen) atoms. The van der Waals surface area contributed by atoms with Crippen molar-refractivity contribution >= 4 is 22.4 Å². The van der Waals surface area contributed by atoms with Crippen LogP contribution in [-0.4, -0.2) is 17.5 Å². The molecule has 0 spiro atoms. The molecule has 0 bridgehead atoms. The predicted molar refractivity (Wildman–Crippen MR) is 88.0 cm³/mol. The van der Waals surface area contributed by atoms with E-state index in [9.17, 15) is 18.0 Å². The lowest BCUT2D eigenvalue weighted by Gasteiger charge is -2.06. The first-order valence-corrected chi connectivity index (χ1v) is 7.99. The van der Waals surface area contributed by atoms with Crippen LogP contribution in [0.3, 0.4) is 0 Å². The molecule has 2 aromatic carbocycles. The van der Waals surface area contributed by atoms with Crippen molar-refractivity contribution in [3.05, 3.63) is 65.3 Å². The lowest BCUT2D eigenvalue weighted by molar-refractivity contribution is -0.118. The zero-order chi connectivity index (χ0) is 17.8. The predicted octanol–water partition coefficient (Wildman–Crippen LogP) is 4.24. The first-order valence-electron chi connectivity index (χ1n) is 7.11. The molecule has 0 aliphatic rings. The number of aromatic nitrogens is 1. The van der Waals surface area contributed by atoms with Crippen molar-refractivity contribution in [3.8, 4) is 17.0 Å². The van der Waals surface area contributed by atoms with Gasteiger partial charge in [0.05, 0.1) is 5.69 Å². The minimum absolute atomic E-state index is 0.000597. The van der Waals surface area contributed by atoms with Crippen LogP contribution in [0.25, 0.3) is 11.3 Å². The second kappa shape index (κ2) is 7.35. The number of carbonyl (C=O) groups excluding carboxylic acids is 1. The number of para-hydroxylation sites is 1. The van der Waals surface area contributed by atoms with Gasteiger partial charge in [-0.05, 0) is 30.3 Å². The van der Waals surface area contributed by atoms with Crippen molar-refractivity contribution in [1.82, 2.24) is 4.98 Å². The summed E-state index contributed by atoms with van der Waals surface area (Å²) in [7, 11) is 0. The van der Waals surface area contributed by atoms with Gasteiger partial charge in [0.1, 0.15) is 11.6 Å². The summed E-state index contributed by atoms with van der Waals surface area (Å²) < 4.78 is 45.4. The van der Waals surface area contributed by atoms with Gasteiger partial charge in [0, 0.05) is 10.9 Å². The summed E-state index contributed by atoms with van der Waals surface area (Å²) in [5.41, 5.74) is 0.201. The maximum Gasteiger partial charge on any atom is 0.264 e. The molecule has 0 saturated heterocycles. The smallest absolute Gasteiger partial charge is 0.264 e. The summed E-state index contributed by atoms with van der Waals surface area (Å²) in [6.45, 7) is -0.413. The Morgan fingerprint density at radius 3 is 2.72 bits per heavy atom. The summed E-state index contributed by atoms with van der Waals surface area (Å²) >= 11 is 1.05. The van der Waals surface area contributed by atoms with Gasteiger partial charge >= 0.3 is 0 Å². The first kappa shape index (κ1) is 17.0. The molecule has 8 heteroatoms. The van der Waals surface area contributed by atoms with E-state index < -0.39 is 30.0 Å². The number of ether oxygens (including phenoxy) is 1. The standard InChI is InChI=1S/C17H11F3N2O2S/c18-10-5-6-12(19)11(7-10)14-9-25-17(21-14)22-16(23)8-24-15-4-2-1-3-13(15)20/h1-7,9H,8H2,(H,21,22,23). The topological polar surface area (TPSA) is 51.2 Å². The quantitative estimate of drug-likeness (QED) is 0.737. The highest BCUT2D eigenvalue weighted by Crippen LogP contribution is 2.27. The first-order chi connectivity index (χ1) is 12.0. The molecule has 1 heterocycles. The van der Waals surface area contributed by atoms with Crippen LogP contribution < -0.4 is 10.1 Å². The molecule has 0 unspecified atom stereocenters. The lowest BCUT2D eigenvalue weighted by Crippen LogP contribution is -2.20. The second-order valence-electron chi connectivity index (χ2n) is 4.93. The van der Waals surface area contributed by atoms with Gasteiger partial charge in [-0.25, -0.2) is 18.2 Å². The average Bonchev–Trinajstić information content (AvgIpc) is 3.04. The number of nitrogens with zero attached hydrogens (tertiary/aromatic N) is 1. The van der Waals surface area contributed by atoms with Gasteiger partial charge in [-0.15, -0.1) is 11.3 Å². The van der Waals surface area contributed by atoms with Gasteiger partial charge in [-0.1, -0.05) is 12.1 Å². The summed E-state index contributed by atoms with van der Waals surface area (Å²) in [6, 6.07) is 8.74. The van der Waals surface area contributed by atoms with Gasteiger partial charge in [-0.3, -0.25) is 10.1 Å². The third-order valence-corrected chi connectivity index (χ3v) is 3.91. The Bertz CT molecular complexity index is 914. The molecule has 3 rings (SSSR count). The molecule has 0 saturated carbocycles. The minimum Gasteiger partial charge on any atom is -0.481 e. The van der Waals surface area contributed by atoms with Crippen molar-refractivity contribution < 1.29 is 22.7 Å². The van der Waals surface area contributed by atoms with Crippen molar-refractivity contribution in [2.75, 3.05) is 11.9 Å². The minimum atomic E-state index is -0.618. The average molecular weight is 364 g/mol. The fourth-order valence-electron chi connectivity index (χ4n) is 2.01. The monoisotopic (exact) mass is 364 g/mol. The molecule has 0 atom stereocenters. The van der Waals surface area contributed by atoms with E-state index in [1.165, 1.54) is 23.6 Å². The number of benzene rings is 2. The van der Waals surface area contributed by atoms with E-state index in [0.29, 0.717) is 0 Å². The van der Waals surface area contributed by atoms with Crippen LogP contribution >= 0.6 is 11.3 Å². The van der Waals surface area contributed by atoms with Crippen LogP contribution in [0.1, 0.15) is 0 Å². The third-order valence-electron chi connectivity index (χ3n) is 3.15. The van der Waals surface area contributed by atoms with Crippen molar-refractivity contribution in [3.63, 3.8) is 0 Å². The van der Waals surface area contributed by atoms with Crippen LogP contribution in [-0.2, 0) is 4.79 Å². The van der Waals surface area contributed by atoms with E-state index in [4.69, 9.17) is 4.74 Å². The highest BCUT2D eigenvalue weighted by atomic mass is 32.1. The van der Waals surface area contributed by atoms with Gasteiger partial charge in [0.25, 0.3) is 5.91 Å². The lowest BCUT2D eigenvalue weighted by atomic mass is 10.1. The van der Waals surface area contributed by atoms with E-state index in [1.807, 2.05) is 0 Å². The van der Waals surface area contributed by atoms with Crippen LogP contribution in [0.15, 0.2) is 47.8 Å². The fourth-order valence-corrected chi connectivity index (χ4v) is 2.74. The number of halogens is 3. The molecule has 4 nitrogen and oxygen atoms in total. The highest BCUT2D eigenvalue weighted by Gasteiger charge is 2.13. The summed E-state index contributed by atoms with van der Waals surface area (Å²) in [5.74, 6) is -2.38. The molecule has 0 radical (unpaired) electrons. The number of carbonyl (C=O) groups is 1. The van der Waals surface area contributed by atoms with Crippen molar-refractivity contribution in [2.24, 2.45) is 0 Å². The number of nitrogens with one attached hydrogen (secondary N) is 1. The number of anilines is 1. The van der Waals surface area contributed by atoms with Gasteiger partial charge < -0.3 is 4.74 Å². The maximum absolute atomic E-state index is 13.7. The zero-order valence-electron chi connectivity index (χ0n) is 12.6. The third kappa shape index (κ3) is 4.16. The number of hydrogen-bond donors (Lipinski definition) is 1.